The number of esters is 1. The molecule has 2 aromatic carbocycles. The van der Waals surface area contributed by atoms with Crippen molar-refractivity contribution in [3.63, 3.8) is 0 Å². The highest BCUT2D eigenvalue weighted by molar-refractivity contribution is 8.03. The van der Waals surface area contributed by atoms with Crippen molar-refractivity contribution in [2.75, 3.05) is 18.2 Å². The molecule has 2 atom stereocenters. The van der Waals surface area contributed by atoms with E-state index in [0.717, 1.165) is 11.8 Å². The van der Waals surface area contributed by atoms with Crippen LogP contribution < -0.4 is 10.6 Å². The Morgan fingerprint density at radius 3 is 2.53 bits per heavy atom. The van der Waals surface area contributed by atoms with Crippen LogP contribution in [-0.2, 0) is 19.1 Å². The highest BCUT2D eigenvalue weighted by Gasteiger charge is 2.44. The van der Waals surface area contributed by atoms with Gasteiger partial charge in [0.15, 0.2) is 0 Å². The number of hydrogen-bond acceptors (Lipinski definition) is 6. The molecule has 2 N–H and O–H groups in total. The van der Waals surface area contributed by atoms with Gasteiger partial charge in [-0.2, -0.15) is 5.26 Å². The summed E-state index contributed by atoms with van der Waals surface area (Å²) in [5, 5.41) is 16.3. The number of halogens is 2. The number of hydrogen-bond donors (Lipinski definition) is 2. The summed E-state index contributed by atoms with van der Waals surface area (Å²) in [5.74, 6) is -3.94. The van der Waals surface area contributed by atoms with Gasteiger partial charge in [0, 0.05) is 21.7 Å². The summed E-state index contributed by atoms with van der Waals surface area (Å²) < 4.78 is 4.80. The largest absolute Gasteiger partial charge is 0.468 e. The van der Waals surface area contributed by atoms with E-state index in [1.165, 1.54) is 7.11 Å². The van der Waals surface area contributed by atoms with E-state index < -0.39 is 23.7 Å². The second-order valence-electron chi connectivity index (χ2n) is 6.72. The van der Waals surface area contributed by atoms with Gasteiger partial charge in [0.1, 0.15) is 5.92 Å². The first-order valence-electron chi connectivity index (χ1n) is 9.30. The summed E-state index contributed by atoms with van der Waals surface area (Å²) in [6.07, 6.45) is 0. The lowest BCUT2D eigenvalue weighted by Gasteiger charge is -2.30. The molecule has 0 saturated carbocycles. The molecule has 2 amide bonds. The van der Waals surface area contributed by atoms with E-state index in [9.17, 15) is 19.6 Å². The molecule has 0 aliphatic carbocycles. The third-order valence-electron chi connectivity index (χ3n) is 4.67. The van der Waals surface area contributed by atoms with Crippen LogP contribution in [0.25, 0.3) is 0 Å². The van der Waals surface area contributed by atoms with Crippen molar-refractivity contribution < 1.29 is 19.1 Å². The third-order valence-corrected chi connectivity index (χ3v) is 6.17. The molecular weight excluding hydrogens is 473 g/mol. The van der Waals surface area contributed by atoms with Crippen molar-refractivity contribution in [3.05, 3.63) is 74.7 Å². The second kappa shape index (κ2) is 10.6. The molecule has 164 valence electrons. The van der Waals surface area contributed by atoms with Crippen molar-refractivity contribution in [1.29, 1.82) is 5.26 Å². The van der Waals surface area contributed by atoms with Crippen LogP contribution in [-0.4, -0.2) is 30.6 Å². The SMILES string of the molecule is COC(=O)C1C(=O)NC(SCC(=O)Nc2cccc(Cl)c2)=C(C#N)C1c1ccc(Cl)cc1. The van der Waals surface area contributed by atoms with Gasteiger partial charge >= 0.3 is 5.97 Å². The molecule has 1 aliphatic rings. The van der Waals surface area contributed by atoms with Crippen LogP contribution in [0.5, 0.6) is 0 Å². The Balaban J connectivity index is 1.88. The quantitative estimate of drug-likeness (QED) is 0.466. The zero-order valence-corrected chi connectivity index (χ0v) is 19.1. The molecule has 3 rings (SSSR count). The van der Waals surface area contributed by atoms with Crippen LogP contribution in [0.2, 0.25) is 10.0 Å². The summed E-state index contributed by atoms with van der Waals surface area (Å²) in [5.41, 5.74) is 1.23. The maximum absolute atomic E-state index is 12.8. The number of thioether (sulfide) groups is 1. The van der Waals surface area contributed by atoms with E-state index in [0.29, 0.717) is 21.3 Å². The molecular formula is C22H17Cl2N3O4S. The third kappa shape index (κ3) is 5.43. The van der Waals surface area contributed by atoms with E-state index in [1.54, 1.807) is 48.5 Å². The lowest BCUT2D eigenvalue weighted by atomic mass is 9.78. The standard InChI is InChI=1S/C22H17Cl2N3O4S/c1-31-22(30)19-18(12-5-7-13(23)8-6-12)16(10-25)21(27-20(19)29)32-11-17(28)26-15-4-2-3-14(24)9-15/h2-9,18-19H,11H2,1H3,(H,26,28)(H,27,29). The fourth-order valence-corrected chi connectivity index (χ4v) is 4.42. The summed E-state index contributed by atoms with van der Waals surface area (Å²) in [4.78, 5) is 37.5. The van der Waals surface area contributed by atoms with Gasteiger partial charge in [-0.05, 0) is 35.9 Å². The first-order chi connectivity index (χ1) is 15.3. The number of nitrogens with one attached hydrogen (secondary N) is 2. The van der Waals surface area contributed by atoms with Crippen LogP contribution in [0.3, 0.4) is 0 Å². The Morgan fingerprint density at radius 2 is 1.91 bits per heavy atom. The molecule has 0 saturated heterocycles. The van der Waals surface area contributed by atoms with E-state index in [-0.39, 0.29) is 22.3 Å². The van der Waals surface area contributed by atoms with Crippen molar-refractivity contribution in [1.82, 2.24) is 5.32 Å². The van der Waals surface area contributed by atoms with Gasteiger partial charge in [0.25, 0.3) is 0 Å². The van der Waals surface area contributed by atoms with Gasteiger partial charge in [-0.25, -0.2) is 0 Å². The number of allylic oxidation sites excluding steroid dienone is 1. The number of amides is 2. The minimum atomic E-state index is -1.25. The highest BCUT2D eigenvalue weighted by atomic mass is 35.5. The minimum Gasteiger partial charge on any atom is -0.468 e. The monoisotopic (exact) mass is 489 g/mol. The Hall–Kier alpha value is -2.99. The molecule has 0 aromatic heterocycles. The zero-order valence-electron chi connectivity index (χ0n) is 16.7. The molecule has 7 nitrogen and oxygen atoms in total. The van der Waals surface area contributed by atoms with Gasteiger partial charge in [0.05, 0.1) is 29.5 Å². The van der Waals surface area contributed by atoms with Crippen molar-refractivity contribution in [3.8, 4) is 6.07 Å². The number of methoxy groups -OCH3 is 1. The maximum Gasteiger partial charge on any atom is 0.319 e. The Labute approximate surface area is 198 Å². The number of ether oxygens (including phenoxy) is 1. The minimum absolute atomic E-state index is 0.0798. The summed E-state index contributed by atoms with van der Waals surface area (Å²) in [6, 6.07) is 15.3. The predicted octanol–water partition coefficient (Wildman–Crippen LogP) is 4.10. The number of rotatable bonds is 6. The van der Waals surface area contributed by atoms with Crippen LogP contribution >= 0.6 is 35.0 Å². The van der Waals surface area contributed by atoms with E-state index in [1.807, 2.05) is 0 Å². The molecule has 1 aliphatic heterocycles. The van der Waals surface area contributed by atoms with Crippen molar-refractivity contribution in [2.45, 2.75) is 5.92 Å². The summed E-state index contributed by atoms with van der Waals surface area (Å²) in [7, 11) is 1.18. The Kier molecular flexibility index (Phi) is 7.80. The number of carbonyl (C=O) groups is 3. The number of benzene rings is 2. The molecule has 2 aromatic rings. The number of anilines is 1. The van der Waals surface area contributed by atoms with E-state index in [2.05, 4.69) is 16.7 Å². The lowest BCUT2D eigenvalue weighted by molar-refractivity contribution is -0.150. The lowest BCUT2D eigenvalue weighted by Crippen LogP contribution is -2.44. The Morgan fingerprint density at radius 1 is 1.19 bits per heavy atom. The molecule has 32 heavy (non-hydrogen) atoms. The van der Waals surface area contributed by atoms with Gasteiger partial charge in [-0.1, -0.05) is 53.2 Å². The normalized spacial score (nSPS) is 17.9. The molecule has 0 fully saturated rings. The van der Waals surface area contributed by atoms with Crippen molar-refractivity contribution >= 4 is 58.4 Å². The average Bonchev–Trinajstić information content (AvgIpc) is 2.77. The molecule has 0 bridgehead atoms. The molecule has 0 radical (unpaired) electrons. The van der Waals surface area contributed by atoms with Gasteiger partial charge < -0.3 is 15.4 Å². The average molecular weight is 490 g/mol. The van der Waals surface area contributed by atoms with E-state index in [4.69, 9.17) is 27.9 Å². The zero-order chi connectivity index (χ0) is 23.3. The fraction of sp³-hybridized carbons (Fsp3) is 0.182. The van der Waals surface area contributed by atoms with Crippen LogP contribution in [0.1, 0.15) is 11.5 Å². The van der Waals surface area contributed by atoms with Gasteiger partial charge in [-0.15, -0.1) is 0 Å². The van der Waals surface area contributed by atoms with Crippen molar-refractivity contribution in [2.24, 2.45) is 5.92 Å². The summed E-state index contributed by atoms with van der Waals surface area (Å²) in [6.45, 7) is 0. The molecule has 1 heterocycles. The van der Waals surface area contributed by atoms with E-state index >= 15 is 0 Å². The number of carbonyl (C=O) groups excluding carboxylic acids is 3. The van der Waals surface area contributed by atoms with Gasteiger partial charge in [-0.3, -0.25) is 14.4 Å². The highest BCUT2D eigenvalue weighted by Crippen LogP contribution is 2.40. The topological polar surface area (TPSA) is 108 Å². The first-order valence-corrected chi connectivity index (χ1v) is 11.0. The second-order valence-corrected chi connectivity index (χ2v) is 8.58. The predicted molar refractivity (Wildman–Crippen MR) is 123 cm³/mol. The molecule has 0 spiro atoms. The van der Waals surface area contributed by atoms with Gasteiger partial charge in [0.2, 0.25) is 11.8 Å². The fourth-order valence-electron chi connectivity index (χ4n) is 3.25. The van der Waals surface area contributed by atoms with Crippen LogP contribution in [0, 0.1) is 17.2 Å². The molecule has 10 heteroatoms. The number of nitrogens with zero attached hydrogens (tertiary/aromatic N) is 1. The van der Waals surface area contributed by atoms with Crippen LogP contribution in [0.15, 0.2) is 59.1 Å². The first kappa shape index (κ1) is 23.7. The maximum atomic E-state index is 12.8. The summed E-state index contributed by atoms with van der Waals surface area (Å²) >= 11 is 12.9. The smallest absolute Gasteiger partial charge is 0.319 e. The Bertz CT molecular complexity index is 1130. The molecule has 2 unspecified atom stereocenters. The van der Waals surface area contributed by atoms with Crippen LogP contribution in [0.4, 0.5) is 5.69 Å². The number of nitriles is 1.